The van der Waals surface area contributed by atoms with E-state index < -0.39 is 43.9 Å². The molecule has 0 aromatic heterocycles. The summed E-state index contributed by atoms with van der Waals surface area (Å²) >= 11 is 12.5. The zero-order chi connectivity index (χ0) is 58.5. The molecule has 1 fully saturated rings. The van der Waals surface area contributed by atoms with E-state index in [-0.39, 0.29) is 118 Å². The van der Waals surface area contributed by atoms with Crippen LogP contribution in [0.2, 0.25) is 10.0 Å². The second-order valence-electron chi connectivity index (χ2n) is 19.0. The Kier molecular flexibility index (Phi) is 24.5. The van der Waals surface area contributed by atoms with Gasteiger partial charge in [-0.15, -0.1) is 0 Å². The number of piperazine rings is 1. The molecule has 3 atom stereocenters. The number of nitriles is 2. The summed E-state index contributed by atoms with van der Waals surface area (Å²) in [5.41, 5.74) is 3.90. The largest absolute Gasteiger partial charge is 0.483 e. The molecule has 4 amide bonds. The highest BCUT2D eigenvalue weighted by atomic mass is 35.5. The highest BCUT2D eigenvalue weighted by Gasteiger charge is 2.41. The fourth-order valence-electron chi connectivity index (χ4n) is 9.45. The number of nitrogens with one attached hydrogen (secondary N) is 7. The first-order valence-corrected chi connectivity index (χ1v) is 30.4. The van der Waals surface area contributed by atoms with E-state index >= 15 is 8.78 Å². The van der Waals surface area contributed by atoms with Crippen molar-refractivity contribution < 1.29 is 63.6 Å². The van der Waals surface area contributed by atoms with E-state index in [0.717, 1.165) is 49.4 Å². The van der Waals surface area contributed by atoms with E-state index in [1.165, 1.54) is 24.3 Å². The van der Waals surface area contributed by atoms with E-state index in [9.17, 15) is 36.9 Å². The van der Waals surface area contributed by atoms with Crippen LogP contribution in [0.25, 0.3) is 0 Å². The summed E-state index contributed by atoms with van der Waals surface area (Å²) < 4.78 is 121. The topological polar surface area (TPSA) is 293 Å². The summed E-state index contributed by atoms with van der Waals surface area (Å²) in [5, 5.41) is 34.0. The predicted molar refractivity (Wildman–Crippen MR) is 298 cm³/mol. The molecular weight excluding hydrogens is 1150 g/mol. The molecule has 1 saturated heterocycles. The van der Waals surface area contributed by atoms with Gasteiger partial charge in [0.1, 0.15) is 12.2 Å². The summed E-state index contributed by atoms with van der Waals surface area (Å²) in [6, 6.07) is 16.8. The minimum atomic E-state index is -4.09. The van der Waals surface area contributed by atoms with E-state index in [1.807, 2.05) is 0 Å². The number of halogens is 4. The minimum absolute atomic E-state index is 0.0229. The van der Waals surface area contributed by atoms with Crippen molar-refractivity contribution >= 4 is 55.3 Å². The Morgan fingerprint density at radius 3 is 1.57 bits per heavy atom. The van der Waals surface area contributed by atoms with Gasteiger partial charge in [-0.05, 0) is 115 Å². The fourth-order valence-corrected chi connectivity index (χ4v) is 12.0. The van der Waals surface area contributed by atoms with E-state index in [0.29, 0.717) is 77.5 Å². The monoisotopic (exact) mass is 1220 g/mol. The molecule has 28 heteroatoms. The molecule has 0 bridgehead atoms. The number of amides is 4. The van der Waals surface area contributed by atoms with Gasteiger partial charge in [-0.1, -0.05) is 23.2 Å². The maximum Gasteiger partial charge on any atom is 0.314 e. The van der Waals surface area contributed by atoms with Crippen molar-refractivity contribution in [3.8, 4) is 23.6 Å². The molecular formula is C54H66Cl2F2N10O12S2. The van der Waals surface area contributed by atoms with Gasteiger partial charge in [0.25, 0.3) is 0 Å². The fraction of sp³-hybridized carbons (Fsp3) is 0.481. The van der Waals surface area contributed by atoms with E-state index in [2.05, 4.69) is 53.1 Å². The third-order valence-corrected chi connectivity index (χ3v) is 16.8. The van der Waals surface area contributed by atoms with Gasteiger partial charge in [-0.3, -0.25) is 4.90 Å². The first-order valence-electron chi connectivity index (χ1n) is 26.7. The molecule has 4 aromatic rings. The number of hydrogen-bond acceptors (Lipinski definition) is 16. The molecule has 1 aliphatic heterocycles. The Labute approximate surface area is 485 Å². The van der Waals surface area contributed by atoms with Crippen LogP contribution >= 0.6 is 23.2 Å². The quantitative estimate of drug-likeness (QED) is 0.0325. The molecule has 82 heavy (non-hydrogen) atoms. The lowest BCUT2D eigenvalue weighted by Crippen LogP contribution is -2.50. The number of urea groups is 2. The Balaban J connectivity index is 0.639. The standard InChI is InChI=1S/C54H66Cl2F2N10O12S2/c55-38-27-36(34-59)42-5-8-49(44(42)29-38)79-50-6-3-40(31-46(50)57)81(71,72)66-15-21-77-25-23-75-19-13-64-53(69)62-9-1-2-10-63-54(70)65-14-20-76-24-26-78-22-16-67-82(73,74)41-4-7-51(47(58)32-41)80-52-45-30-39(56)28-37(35-60)43(45)33-48(52)68-17-11-61-12-18-68/h3-4,6-7,27-32,48-49,52,61,66-67H,1-2,5,8-26,33H2,(H2,62,64,69)(H2,63,65,70)/t48-,49+,52-/m0/s1. The lowest BCUT2D eigenvalue weighted by Gasteiger charge is -2.36. The van der Waals surface area contributed by atoms with Crippen molar-refractivity contribution in [2.75, 3.05) is 118 Å². The van der Waals surface area contributed by atoms with Gasteiger partial charge in [0.2, 0.25) is 20.0 Å². The van der Waals surface area contributed by atoms with Crippen LogP contribution in [0.4, 0.5) is 18.4 Å². The molecule has 2 aliphatic carbocycles. The number of benzene rings is 4. The number of unbranched alkanes of at least 4 members (excludes halogenated alkanes) is 1. The van der Waals surface area contributed by atoms with E-state index in [4.69, 9.17) is 51.6 Å². The molecule has 4 aromatic carbocycles. The Bertz CT molecular complexity index is 3150. The molecule has 0 radical (unpaired) electrons. The number of carbonyl (C=O) groups is 2. The van der Waals surface area contributed by atoms with Crippen molar-refractivity contribution in [1.29, 1.82) is 10.5 Å². The number of sulfonamides is 2. The van der Waals surface area contributed by atoms with Crippen LogP contribution in [0.5, 0.6) is 11.5 Å². The van der Waals surface area contributed by atoms with Crippen LogP contribution in [-0.4, -0.2) is 158 Å². The number of rotatable bonds is 32. The number of nitrogens with zero attached hydrogens (tertiary/aromatic N) is 3. The maximum absolute atomic E-state index is 15.5. The molecule has 444 valence electrons. The van der Waals surface area contributed by atoms with Crippen LogP contribution in [-0.2, 0) is 51.8 Å². The molecule has 1 heterocycles. The van der Waals surface area contributed by atoms with Crippen molar-refractivity contribution in [2.45, 2.75) is 60.1 Å². The van der Waals surface area contributed by atoms with Crippen molar-refractivity contribution in [3.05, 3.63) is 116 Å². The first-order chi connectivity index (χ1) is 39.6. The average molecular weight is 1220 g/mol. The molecule has 22 nitrogen and oxygen atoms in total. The Morgan fingerprint density at radius 2 is 1.07 bits per heavy atom. The number of hydrogen-bond donors (Lipinski definition) is 7. The highest BCUT2D eigenvalue weighted by molar-refractivity contribution is 7.89. The van der Waals surface area contributed by atoms with Crippen LogP contribution < -0.4 is 45.5 Å². The van der Waals surface area contributed by atoms with Gasteiger partial charge in [-0.2, -0.15) is 10.5 Å². The summed E-state index contributed by atoms with van der Waals surface area (Å²) in [6.45, 7) is 5.29. The lowest BCUT2D eigenvalue weighted by molar-refractivity contribution is 0.0516. The van der Waals surface area contributed by atoms with Crippen molar-refractivity contribution in [2.24, 2.45) is 0 Å². The Morgan fingerprint density at radius 1 is 0.610 bits per heavy atom. The predicted octanol–water partition coefficient (Wildman–Crippen LogP) is 4.73. The maximum atomic E-state index is 15.5. The van der Waals surface area contributed by atoms with Gasteiger partial charge < -0.3 is 55.0 Å². The first kappa shape index (κ1) is 63.6. The molecule has 0 unspecified atom stereocenters. The van der Waals surface area contributed by atoms with Gasteiger partial charge in [-0.25, -0.2) is 44.6 Å². The SMILES string of the molecule is N#Cc1cc(Cl)cc2c1CC[C@H]2Oc1ccc(S(=O)(=O)NCCOCCOCCNC(=O)NCCCCNC(=O)NCCOCCOCCNS(=O)(=O)c2ccc(O[C@H]3c4cc(Cl)cc(C#N)c4C[C@@H]3N3CCNCC3)c(F)c2)cc1F. The molecule has 7 N–H and O–H groups in total. The van der Waals surface area contributed by atoms with Crippen LogP contribution in [0.1, 0.15) is 64.9 Å². The molecule has 0 spiro atoms. The zero-order valence-corrected chi connectivity index (χ0v) is 48.0. The highest BCUT2D eigenvalue weighted by Crippen LogP contribution is 2.42. The van der Waals surface area contributed by atoms with Gasteiger partial charge in [0.15, 0.2) is 23.1 Å². The van der Waals surface area contributed by atoms with Crippen LogP contribution in [0, 0.1) is 34.3 Å². The third kappa shape index (κ3) is 18.5. The average Bonchev–Trinajstić information content (AvgIpc) is 3.44. The van der Waals surface area contributed by atoms with Gasteiger partial charge in [0.05, 0.1) is 92.0 Å². The second kappa shape index (κ2) is 31.6. The van der Waals surface area contributed by atoms with E-state index in [1.54, 1.807) is 24.3 Å². The summed E-state index contributed by atoms with van der Waals surface area (Å²) in [7, 11) is -8.14. The second-order valence-corrected chi connectivity index (χ2v) is 23.4. The summed E-state index contributed by atoms with van der Waals surface area (Å²) in [4.78, 5) is 25.9. The number of ether oxygens (including phenoxy) is 6. The number of fused-ring (bicyclic) bond motifs is 2. The lowest BCUT2D eigenvalue weighted by atomic mass is 10.0. The third-order valence-electron chi connectivity index (χ3n) is 13.4. The summed E-state index contributed by atoms with van der Waals surface area (Å²) in [5.74, 6) is -1.96. The zero-order valence-electron chi connectivity index (χ0n) is 44.8. The van der Waals surface area contributed by atoms with Gasteiger partial charge >= 0.3 is 12.1 Å². The number of carbonyl (C=O) groups excluding carboxylic acids is 2. The molecule has 0 saturated carbocycles. The molecule has 3 aliphatic rings. The van der Waals surface area contributed by atoms with Crippen LogP contribution in [0.3, 0.4) is 0 Å². The Hall–Kier alpha value is -5.98. The van der Waals surface area contributed by atoms with Crippen LogP contribution in [0.15, 0.2) is 70.5 Å². The molecule has 7 rings (SSSR count). The summed E-state index contributed by atoms with van der Waals surface area (Å²) in [6.07, 6.45) is 1.65. The van der Waals surface area contributed by atoms with Crippen molar-refractivity contribution in [3.63, 3.8) is 0 Å². The normalized spacial score (nSPS) is 16.8. The van der Waals surface area contributed by atoms with Gasteiger partial charge in [0, 0.05) is 75.5 Å². The van der Waals surface area contributed by atoms with Crippen molar-refractivity contribution in [1.82, 2.24) is 40.9 Å². The smallest absolute Gasteiger partial charge is 0.314 e. The minimum Gasteiger partial charge on any atom is -0.483 e.